The van der Waals surface area contributed by atoms with Gasteiger partial charge in [-0.25, -0.2) is 5.43 Å². The molecule has 3 aromatic rings. The summed E-state index contributed by atoms with van der Waals surface area (Å²) in [5.74, 6) is 0.637. The molecular weight excluding hydrogens is 414 g/mol. The highest BCUT2D eigenvalue weighted by molar-refractivity contribution is 9.10. The number of furan rings is 1. The van der Waals surface area contributed by atoms with Gasteiger partial charge in [-0.1, -0.05) is 18.2 Å². The number of carbonyl (C=O) groups is 1. The number of nitrogens with zero attached hydrogens (tertiary/aromatic N) is 2. The Kier molecular flexibility index (Phi) is 5.46. The summed E-state index contributed by atoms with van der Waals surface area (Å²) in [5.41, 5.74) is 4.51. The summed E-state index contributed by atoms with van der Waals surface area (Å²) in [6.45, 7) is 1.85. The molecule has 0 unspecified atom stereocenters. The van der Waals surface area contributed by atoms with Crippen molar-refractivity contribution in [3.05, 3.63) is 86.1 Å². The van der Waals surface area contributed by atoms with Crippen LogP contribution in [0.5, 0.6) is 0 Å². The molecule has 0 bridgehead atoms. The van der Waals surface area contributed by atoms with Gasteiger partial charge in [-0.05, 0) is 52.7 Å². The lowest BCUT2D eigenvalue weighted by Crippen LogP contribution is -2.18. The molecule has 1 heterocycles. The van der Waals surface area contributed by atoms with Gasteiger partial charge in [0.2, 0.25) is 0 Å². The van der Waals surface area contributed by atoms with E-state index in [1.165, 1.54) is 18.3 Å². The van der Waals surface area contributed by atoms with Gasteiger partial charge in [0.15, 0.2) is 0 Å². The van der Waals surface area contributed by atoms with Gasteiger partial charge in [-0.2, -0.15) is 5.10 Å². The number of hydrogen-bond donors (Lipinski definition) is 1. The third-order valence-electron chi connectivity index (χ3n) is 3.80. The zero-order valence-corrected chi connectivity index (χ0v) is 15.8. The van der Waals surface area contributed by atoms with Crippen LogP contribution in [0.15, 0.2) is 68.6 Å². The van der Waals surface area contributed by atoms with Gasteiger partial charge >= 0.3 is 0 Å². The molecule has 0 saturated carbocycles. The van der Waals surface area contributed by atoms with Gasteiger partial charge in [-0.3, -0.25) is 14.9 Å². The Balaban J connectivity index is 1.71. The Morgan fingerprint density at radius 3 is 2.70 bits per heavy atom. The standard InChI is InChI=1S/C19H14BrN3O4/c1-12-4-2-3-5-15(12)19(24)22-21-11-14-7-9-18(27-14)16-8-6-13(23(25)26)10-17(16)20/h2-11H,1H3,(H,22,24)/b21-11+. The third kappa shape index (κ3) is 4.29. The average Bonchev–Trinajstić information content (AvgIpc) is 3.10. The number of hydrogen-bond acceptors (Lipinski definition) is 5. The number of aryl methyl sites for hydroxylation is 1. The van der Waals surface area contributed by atoms with Crippen molar-refractivity contribution in [3.8, 4) is 11.3 Å². The summed E-state index contributed by atoms with van der Waals surface area (Å²) < 4.78 is 6.21. The first-order valence-corrected chi connectivity index (χ1v) is 8.68. The minimum Gasteiger partial charge on any atom is -0.455 e. The molecule has 2 aromatic carbocycles. The van der Waals surface area contributed by atoms with E-state index in [-0.39, 0.29) is 11.6 Å². The summed E-state index contributed by atoms with van der Waals surface area (Å²) in [4.78, 5) is 22.4. The number of nitro benzene ring substituents is 1. The number of amides is 1. The lowest BCUT2D eigenvalue weighted by atomic mass is 10.1. The highest BCUT2D eigenvalue weighted by Gasteiger charge is 2.13. The molecule has 0 aliphatic carbocycles. The monoisotopic (exact) mass is 427 g/mol. The molecule has 0 radical (unpaired) electrons. The Hall–Kier alpha value is -3.26. The maximum absolute atomic E-state index is 12.1. The molecule has 0 aliphatic heterocycles. The lowest BCUT2D eigenvalue weighted by molar-refractivity contribution is -0.384. The second kappa shape index (κ2) is 7.96. The van der Waals surface area contributed by atoms with E-state index in [0.29, 0.717) is 27.1 Å². The predicted molar refractivity (Wildman–Crippen MR) is 105 cm³/mol. The number of non-ortho nitro benzene ring substituents is 1. The molecular formula is C19H14BrN3O4. The number of halogens is 1. The Labute approximate surface area is 163 Å². The van der Waals surface area contributed by atoms with Crippen molar-refractivity contribution in [1.82, 2.24) is 5.43 Å². The summed E-state index contributed by atoms with van der Waals surface area (Å²) in [6.07, 6.45) is 1.39. The quantitative estimate of drug-likeness (QED) is 0.362. The van der Waals surface area contributed by atoms with E-state index in [2.05, 4.69) is 26.5 Å². The van der Waals surface area contributed by atoms with Gasteiger partial charge < -0.3 is 4.42 Å². The van der Waals surface area contributed by atoms with Gasteiger partial charge in [0.1, 0.15) is 11.5 Å². The third-order valence-corrected chi connectivity index (χ3v) is 4.46. The van der Waals surface area contributed by atoms with Crippen molar-refractivity contribution in [2.24, 2.45) is 5.10 Å². The zero-order valence-electron chi connectivity index (χ0n) is 14.2. The largest absolute Gasteiger partial charge is 0.455 e. The Bertz CT molecular complexity index is 1040. The minimum atomic E-state index is -0.466. The van der Waals surface area contributed by atoms with Crippen LogP contribution in [0.4, 0.5) is 5.69 Å². The number of rotatable bonds is 5. The van der Waals surface area contributed by atoms with Crippen molar-refractivity contribution in [2.75, 3.05) is 0 Å². The summed E-state index contributed by atoms with van der Waals surface area (Å²) in [7, 11) is 0. The molecule has 0 saturated heterocycles. The second-order valence-corrected chi connectivity index (χ2v) is 6.49. The molecule has 0 aliphatic rings. The molecule has 0 spiro atoms. The highest BCUT2D eigenvalue weighted by Crippen LogP contribution is 2.32. The molecule has 0 atom stereocenters. The molecule has 1 aromatic heterocycles. The molecule has 3 rings (SSSR count). The maximum atomic E-state index is 12.1. The van der Waals surface area contributed by atoms with Gasteiger partial charge in [0.25, 0.3) is 11.6 Å². The molecule has 0 fully saturated rings. The van der Waals surface area contributed by atoms with Crippen LogP contribution in [0.3, 0.4) is 0 Å². The zero-order chi connectivity index (χ0) is 19.4. The number of hydrazone groups is 1. The molecule has 7 nitrogen and oxygen atoms in total. The first kappa shape index (κ1) is 18.5. The lowest BCUT2D eigenvalue weighted by Gasteiger charge is -2.02. The first-order valence-electron chi connectivity index (χ1n) is 7.89. The van der Waals surface area contributed by atoms with E-state index in [0.717, 1.165) is 5.56 Å². The molecule has 8 heteroatoms. The van der Waals surface area contributed by atoms with E-state index in [1.54, 1.807) is 30.3 Å². The molecule has 1 amide bonds. The van der Waals surface area contributed by atoms with Crippen molar-refractivity contribution >= 4 is 33.7 Å². The average molecular weight is 428 g/mol. The van der Waals surface area contributed by atoms with Gasteiger partial charge in [0, 0.05) is 27.7 Å². The fourth-order valence-corrected chi connectivity index (χ4v) is 2.99. The molecule has 27 heavy (non-hydrogen) atoms. The van der Waals surface area contributed by atoms with Crippen LogP contribution in [0.1, 0.15) is 21.7 Å². The molecule has 136 valence electrons. The van der Waals surface area contributed by atoms with E-state index in [9.17, 15) is 14.9 Å². The Morgan fingerprint density at radius 1 is 1.22 bits per heavy atom. The van der Waals surface area contributed by atoms with Crippen molar-refractivity contribution in [3.63, 3.8) is 0 Å². The molecule has 1 N–H and O–H groups in total. The van der Waals surface area contributed by atoms with Crippen LogP contribution in [-0.2, 0) is 0 Å². The van der Waals surface area contributed by atoms with Gasteiger partial charge in [-0.15, -0.1) is 0 Å². The van der Waals surface area contributed by atoms with Crippen LogP contribution in [0, 0.1) is 17.0 Å². The van der Waals surface area contributed by atoms with Crippen LogP contribution in [0.2, 0.25) is 0 Å². The normalized spacial score (nSPS) is 10.9. The van der Waals surface area contributed by atoms with E-state index >= 15 is 0 Å². The highest BCUT2D eigenvalue weighted by atomic mass is 79.9. The van der Waals surface area contributed by atoms with Crippen LogP contribution in [0.25, 0.3) is 11.3 Å². The van der Waals surface area contributed by atoms with Crippen LogP contribution < -0.4 is 5.43 Å². The fraction of sp³-hybridized carbons (Fsp3) is 0.0526. The van der Waals surface area contributed by atoms with Crippen LogP contribution >= 0.6 is 15.9 Å². The summed E-state index contributed by atoms with van der Waals surface area (Å²) in [5, 5.41) is 14.7. The SMILES string of the molecule is Cc1ccccc1C(=O)N/N=C/c1ccc(-c2ccc([N+](=O)[O-])cc2Br)o1. The number of nitro groups is 1. The van der Waals surface area contributed by atoms with Crippen molar-refractivity contribution in [1.29, 1.82) is 0 Å². The maximum Gasteiger partial charge on any atom is 0.271 e. The van der Waals surface area contributed by atoms with Crippen LogP contribution in [-0.4, -0.2) is 17.0 Å². The minimum absolute atomic E-state index is 0.0158. The Morgan fingerprint density at radius 2 is 2.00 bits per heavy atom. The van der Waals surface area contributed by atoms with E-state index in [4.69, 9.17) is 4.42 Å². The first-order chi connectivity index (χ1) is 13.0. The van der Waals surface area contributed by atoms with Crippen molar-refractivity contribution < 1.29 is 14.1 Å². The summed E-state index contributed by atoms with van der Waals surface area (Å²) >= 11 is 3.31. The predicted octanol–water partition coefficient (Wildman–Crippen LogP) is 4.69. The van der Waals surface area contributed by atoms with Gasteiger partial charge in [0.05, 0.1) is 11.1 Å². The fourth-order valence-electron chi connectivity index (χ4n) is 2.43. The number of carbonyl (C=O) groups excluding carboxylic acids is 1. The smallest absolute Gasteiger partial charge is 0.271 e. The number of benzene rings is 2. The van der Waals surface area contributed by atoms with E-state index < -0.39 is 4.92 Å². The number of nitrogens with one attached hydrogen (secondary N) is 1. The van der Waals surface area contributed by atoms with Crippen molar-refractivity contribution in [2.45, 2.75) is 6.92 Å². The second-order valence-electron chi connectivity index (χ2n) is 5.64. The topological polar surface area (TPSA) is 97.7 Å². The van der Waals surface area contributed by atoms with E-state index in [1.807, 2.05) is 19.1 Å². The summed E-state index contributed by atoms with van der Waals surface area (Å²) in [6, 6.07) is 15.0.